The minimum atomic E-state index is -1.39. The highest BCUT2D eigenvalue weighted by atomic mass is 16.5. The molecule has 0 aliphatic carbocycles. The number of carbonyl (C=O) groups excluding carboxylic acids is 2. The van der Waals surface area contributed by atoms with E-state index < -0.39 is 30.6 Å². The van der Waals surface area contributed by atoms with Crippen LogP contribution in [0.2, 0.25) is 0 Å². The van der Waals surface area contributed by atoms with Crippen molar-refractivity contribution in [3.05, 3.63) is 23.8 Å². The van der Waals surface area contributed by atoms with E-state index in [-0.39, 0.29) is 23.8 Å². The van der Waals surface area contributed by atoms with Gasteiger partial charge in [0.1, 0.15) is 24.1 Å². The van der Waals surface area contributed by atoms with E-state index >= 15 is 0 Å². The second kappa shape index (κ2) is 13.0. The van der Waals surface area contributed by atoms with Gasteiger partial charge in [-0.15, -0.1) is 0 Å². The van der Waals surface area contributed by atoms with Gasteiger partial charge in [-0.25, -0.2) is 9.59 Å². The Hall–Kier alpha value is -3.70. The maximum absolute atomic E-state index is 12.4. The number of carbonyl (C=O) groups is 3. The number of nitrogens with zero attached hydrogens (tertiary/aromatic N) is 1. The number of alkyl carbamates (subject to hydrolysis) is 1. The molecule has 182 valence electrons. The van der Waals surface area contributed by atoms with Crippen LogP contribution in [0.3, 0.4) is 0 Å². The van der Waals surface area contributed by atoms with Gasteiger partial charge in [0.2, 0.25) is 0 Å². The molecule has 1 aromatic rings. The summed E-state index contributed by atoms with van der Waals surface area (Å²) in [5.41, 5.74) is -0.0623. The van der Waals surface area contributed by atoms with E-state index in [0.29, 0.717) is 18.9 Å². The van der Waals surface area contributed by atoms with E-state index in [1.807, 2.05) is 13.8 Å². The highest BCUT2D eigenvalue weighted by Gasteiger charge is 2.22. The fourth-order valence-corrected chi connectivity index (χ4v) is 2.70. The van der Waals surface area contributed by atoms with Crippen molar-refractivity contribution in [1.29, 1.82) is 0 Å². The third-order valence-electron chi connectivity index (χ3n) is 4.38. The molecular weight excluding hydrogens is 434 g/mol. The molecule has 0 bridgehead atoms. The molecule has 0 spiro atoms. The Labute approximate surface area is 191 Å². The lowest BCUT2D eigenvalue weighted by Gasteiger charge is -2.17. The fourth-order valence-electron chi connectivity index (χ4n) is 2.70. The van der Waals surface area contributed by atoms with Crippen LogP contribution in [0.15, 0.2) is 23.2 Å². The second-order valence-corrected chi connectivity index (χ2v) is 7.70. The number of guanidine groups is 1. The number of carboxylic acid groups (broad SMARTS) is 1. The summed E-state index contributed by atoms with van der Waals surface area (Å²) in [7, 11) is 0. The lowest BCUT2D eigenvalue weighted by atomic mass is 10.1. The van der Waals surface area contributed by atoms with Gasteiger partial charge < -0.3 is 41.0 Å². The molecule has 0 unspecified atom stereocenters. The molecule has 0 radical (unpaired) electrons. The summed E-state index contributed by atoms with van der Waals surface area (Å²) < 4.78 is 10.4. The molecule has 6 N–H and O–H groups in total. The van der Waals surface area contributed by atoms with Gasteiger partial charge in [-0.3, -0.25) is 9.79 Å². The van der Waals surface area contributed by atoms with Crippen molar-refractivity contribution in [2.24, 2.45) is 10.9 Å². The van der Waals surface area contributed by atoms with Crippen molar-refractivity contribution in [2.75, 3.05) is 39.4 Å². The number of aliphatic imine (C=N–C) groups is 1. The molecule has 1 atom stereocenters. The van der Waals surface area contributed by atoms with Crippen molar-refractivity contribution < 1.29 is 34.1 Å². The number of benzene rings is 1. The summed E-state index contributed by atoms with van der Waals surface area (Å²) >= 11 is 0. The van der Waals surface area contributed by atoms with E-state index in [1.165, 1.54) is 18.2 Å². The van der Waals surface area contributed by atoms with Gasteiger partial charge >= 0.3 is 12.1 Å². The fraction of sp³-hybridized carbons (Fsp3) is 0.524. The number of rotatable bonds is 11. The van der Waals surface area contributed by atoms with Crippen molar-refractivity contribution in [3.8, 4) is 11.5 Å². The van der Waals surface area contributed by atoms with Gasteiger partial charge in [0, 0.05) is 25.7 Å². The minimum Gasteiger partial charge on any atom is -0.507 e. The number of carboxylic acids is 1. The second-order valence-electron chi connectivity index (χ2n) is 7.70. The maximum Gasteiger partial charge on any atom is 0.407 e. The van der Waals surface area contributed by atoms with Crippen LogP contribution in [0, 0.1) is 5.92 Å². The van der Waals surface area contributed by atoms with Crippen LogP contribution in [-0.4, -0.2) is 79.6 Å². The summed E-state index contributed by atoms with van der Waals surface area (Å²) in [5.74, 6) is -1.19. The number of nitrogens with one attached hydrogen (secondary N) is 4. The van der Waals surface area contributed by atoms with Crippen molar-refractivity contribution >= 4 is 23.9 Å². The largest absolute Gasteiger partial charge is 0.507 e. The molecule has 1 aromatic carbocycles. The zero-order chi connectivity index (χ0) is 24.2. The normalized spacial score (nSPS) is 13.8. The van der Waals surface area contributed by atoms with Gasteiger partial charge in [-0.05, 0) is 24.5 Å². The number of hydrogen-bond donors (Lipinski definition) is 6. The predicted octanol–water partition coefficient (Wildman–Crippen LogP) is 0.275. The first-order chi connectivity index (χ1) is 15.8. The SMILES string of the molecule is CC(C)COC(=O)N[C@@H](CNC(=O)c1ccc(OCCNC2=NCCCN2)cc1O)C(=O)O. The monoisotopic (exact) mass is 465 g/mol. The molecule has 12 heteroatoms. The molecule has 1 heterocycles. The van der Waals surface area contributed by atoms with Gasteiger partial charge in [0.25, 0.3) is 5.91 Å². The van der Waals surface area contributed by atoms with Crippen LogP contribution in [0.25, 0.3) is 0 Å². The van der Waals surface area contributed by atoms with E-state index in [0.717, 1.165) is 25.5 Å². The molecule has 0 fully saturated rings. The Morgan fingerprint density at radius 1 is 1.27 bits per heavy atom. The Morgan fingerprint density at radius 3 is 2.70 bits per heavy atom. The molecule has 0 aromatic heterocycles. The Bertz CT molecular complexity index is 859. The number of aromatic hydroxyl groups is 1. The van der Waals surface area contributed by atoms with Crippen molar-refractivity contribution in [3.63, 3.8) is 0 Å². The summed E-state index contributed by atoms with van der Waals surface area (Å²) in [6, 6.07) is 2.78. The molecule has 0 saturated heterocycles. The molecule has 33 heavy (non-hydrogen) atoms. The molecule has 0 saturated carbocycles. The van der Waals surface area contributed by atoms with E-state index in [1.54, 1.807) is 0 Å². The number of aliphatic carboxylic acids is 1. The molecule has 2 rings (SSSR count). The van der Waals surface area contributed by atoms with E-state index in [4.69, 9.17) is 9.47 Å². The van der Waals surface area contributed by atoms with Gasteiger partial charge in [-0.1, -0.05) is 13.8 Å². The Kier molecular flexibility index (Phi) is 10.1. The topological polar surface area (TPSA) is 171 Å². The zero-order valence-corrected chi connectivity index (χ0v) is 18.7. The van der Waals surface area contributed by atoms with Crippen LogP contribution in [0.5, 0.6) is 11.5 Å². The quantitative estimate of drug-likeness (QED) is 0.251. The molecule has 1 aliphatic heterocycles. The maximum atomic E-state index is 12.4. The molecule has 12 nitrogen and oxygen atoms in total. The van der Waals surface area contributed by atoms with Crippen LogP contribution in [0.1, 0.15) is 30.6 Å². The third kappa shape index (κ3) is 9.13. The summed E-state index contributed by atoms with van der Waals surface area (Å²) in [6.07, 6.45) is 0.106. The molecule has 2 amide bonds. The van der Waals surface area contributed by atoms with Gasteiger partial charge in [-0.2, -0.15) is 0 Å². The van der Waals surface area contributed by atoms with E-state index in [9.17, 15) is 24.6 Å². The minimum absolute atomic E-state index is 0.0623. The standard InChI is InChI=1S/C21H31N5O7/c1-13(2)12-33-21(31)26-16(19(29)30)11-25-18(28)15-5-4-14(10-17(15)27)32-9-8-24-20-22-6-3-7-23-20/h4-5,10,13,16,27H,3,6-9,11-12H2,1-2H3,(H,25,28)(H,26,31)(H,29,30)(H2,22,23,24)/t16-/m0/s1. The van der Waals surface area contributed by atoms with Gasteiger partial charge in [0.15, 0.2) is 5.96 Å². The highest BCUT2D eigenvalue weighted by molar-refractivity contribution is 5.97. The number of phenols is 1. The van der Waals surface area contributed by atoms with Crippen LogP contribution >= 0.6 is 0 Å². The Morgan fingerprint density at radius 2 is 2.06 bits per heavy atom. The van der Waals surface area contributed by atoms with E-state index in [2.05, 4.69) is 26.3 Å². The van der Waals surface area contributed by atoms with Crippen LogP contribution in [-0.2, 0) is 9.53 Å². The molecular formula is C21H31N5O7. The summed E-state index contributed by atoms with van der Waals surface area (Å²) in [6.45, 7) is 5.87. The van der Waals surface area contributed by atoms with Crippen molar-refractivity contribution in [1.82, 2.24) is 21.3 Å². The lowest BCUT2D eigenvalue weighted by molar-refractivity contribution is -0.139. The number of phenolic OH excluding ortho intramolecular Hbond substituents is 1. The summed E-state index contributed by atoms with van der Waals surface area (Å²) in [5, 5.41) is 30.2. The average Bonchev–Trinajstić information content (AvgIpc) is 2.78. The average molecular weight is 466 g/mol. The van der Waals surface area contributed by atoms with Crippen molar-refractivity contribution in [2.45, 2.75) is 26.3 Å². The summed E-state index contributed by atoms with van der Waals surface area (Å²) in [4.78, 5) is 39.7. The van der Waals surface area contributed by atoms with Gasteiger partial charge in [0.05, 0.1) is 18.7 Å². The number of hydrogen-bond acceptors (Lipinski definition) is 9. The third-order valence-corrected chi connectivity index (χ3v) is 4.38. The highest BCUT2D eigenvalue weighted by Crippen LogP contribution is 2.23. The number of amides is 2. The molecule has 1 aliphatic rings. The Balaban J connectivity index is 1.81. The van der Waals surface area contributed by atoms with Crippen LogP contribution < -0.4 is 26.0 Å². The lowest BCUT2D eigenvalue weighted by Crippen LogP contribution is -2.48. The first-order valence-corrected chi connectivity index (χ1v) is 10.7. The zero-order valence-electron chi connectivity index (χ0n) is 18.7. The van der Waals surface area contributed by atoms with Crippen LogP contribution in [0.4, 0.5) is 4.79 Å². The first-order valence-electron chi connectivity index (χ1n) is 10.7. The predicted molar refractivity (Wildman–Crippen MR) is 120 cm³/mol. The number of ether oxygens (including phenoxy) is 2. The smallest absolute Gasteiger partial charge is 0.407 e. The first kappa shape index (κ1) is 25.6.